The Labute approximate surface area is 158 Å². The highest BCUT2D eigenvalue weighted by Crippen LogP contribution is 2.33. The van der Waals surface area contributed by atoms with E-state index in [0.717, 1.165) is 5.56 Å². The molecule has 0 radical (unpaired) electrons. The number of hydrogen-bond acceptors (Lipinski definition) is 4. The number of hydrogen-bond donors (Lipinski definition) is 2. The second kappa shape index (κ2) is 6.74. The van der Waals surface area contributed by atoms with Crippen molar-refractivity contribution in [2.75, 3.05) is 0 Å². The van der Waals surface area contributed by atoms with Gasteiger partial charge in [-0.05, 0) is 41.5 Å². The average molecular weight is 381 g/mol. The number of amides is 1. The molecule has 6 nitrogen and oxygen atoms in total. The first-order chi connectivity index (χ1) is 13.0. The third-order valence-electron chi connectivity index (χ3n) is 4.31. The summed E-state index contributed by atoms with van der Waals surface area (Å²) in [6.07, 6.45) is 3.40. The second-order valence-electron chi connectivity index (χ2n) is 5.98. The number of allylic oxidation sites excluding steroid dienone is 1. The highest BCUT2D eigenvalue weighted by atomic mass is 35.5. The SMILES string of the molecule is O=C(O)C1=C(NC(=O)c2ccc3ncoc3c2)CC=C1c1ccc(Cl)cc1. The molecule has 1 aliphatic rings. The molecule has 2 N–H and O–H groups in total. The minimum Gasteiger partial charge on any atom is -0.478 e. The molecule has 0 bridgehead atoms. The van der Waals surface area contributed by atoms with Crippen molar-refractivity contribution < 1.29 is 19.1 Å². The number of oxazole rings is 1. The van der Waals surface area contributed by atoms with Gasteiger partial charge in [0, 0.05) is 22.7 Å². The van der Waals surface area contributed by atoms with Crippen LogP contribution in [0.25, 0.3) is 16.7 Å². The van der Waals surface area contributed by atoms with E-state index in [9.17, 15) is 14.7 Å². The Kier molecular flexibility index (Phi) is 4.25. The first-order valence-corrected chi connectivity index (χ1v) is 8.48. The van der Waals surface area contributed by atoms with Crippen LogP contribution in [0.2, 0.25) is 5.02 Å². The van der Waals surface area contributed by atoms with Crippen LogP contribution in [0.5, 0.6) is 0 Å². The summed E-state index contributed by atoms with van der Waals surface area (Å²) >= 11 is 5.90. The van der Waals surface area contributed by atoms with Gasteiger partial charge in [-0.15, -0.1) is 0 Å². The van der Waals surface area contributed by atoms with Gasteiger partial charge >= 0.3 is 5.97 Å². The van der Waals surface area contributed by atoms with Gasteiger partial charge in [-0.2, -0.15) is 0 Å². The van der Waals surface area contributed by atoms with Crippen molar-refractivity contribution >= 4 is 40.2 Å². The molecule has 1 aromatic heterocycles. The fourth-order valence-electron chi connectivity index (χ4n) is 3.03. The van der Waals surface area contributed by atoms with Crippen molar-refractivity contribution in [3.05, 3.63) is 82.4 Å². The minimum atomic E-state index is -1.10. The largest absolute Gasteiger partial charge is 0.478 e. The Balaban J connectivity index is 1.64. The Morgan fingerprint density at radius 2 is 1.93 bits per heavy atom. The van der Waals surface area contributed by atoms with Gasteiger partial charge in [-0.1, -0.05) is 29.8 Å². The van der Waals surface area contributed by atoms with Gasteiger partial charge in [0.15, 0.2) is 12.0 Å². The van der Waals surface area contributed by atoms with Crippen LogP contribution in [0.4, 0.5) is 0 Å². The highest BCUT2D eigenvalue weighted by Gasteiger charge is 2.26. The van der Waals surface area contributed by atoms with E-state index in [1.54, 1.807) is 48.5 Å². The van der Waals surface area contributed by atoms with E-state index in [0.29, 0.717) is 39.4 Å². The van der Waals surface area contributed by atoms with Crippen molar-refractivity contribution in [1.82, 2.24) is 10.3 Å². The maximum absolute atomic E-state index is 12.6. The molecule has 4 rings (SSSR count). The minimum absolute atomic E-state index is 0.0754. The van der Waals surface area contributed by atoms with Crippen LogP contribution in [0.3, 0.4) is 0 Å². The maximum Gasteiger partial charge on any atom is 0.338 e. The van der Waals surface area contributed by atoms with Crippen LogP contribution < -0.4 is 5.32 Å². The second-order valence-corrected chi connectivity index (χ2v) is 6.41. The number of rotatable bonds is 4. The molecule has 0 saturated heterocycles. The Morgan fingerprint density at radius 1 is 1.15 bits per heavy atom. The van der Waals surface area contributed by atoms with Gasteiger partial charge in [0.25, 0.3) is 5.91 Å². The number of carbonyl (C=O) groups is 2. The van der Waals surface area contributed by atoms with Crippen LogP contribution in [-0.2, 0) is 4.79 Å². The Hall–Kier alpha value is -3.38. The quantitative estimate of drug-likeness (QED) is 0.712. The first kappa shape index (κ1) is 17.1. The third-order valence-corrected chi connectivity index (χ3v) is 4.56. The normalized spacial score (nSPS) is 13.7. The molecule has 1 amide bonds. The lowest BCUT2D eigenvalue weighted by molar-refractivity contribution is -0.132. The molecule has 0 spiro atoms. The third kappa shape index (κ3) is 3.22. The number of halogens is 1. The van der Waals surface area contributed by atoms with Gasteiger partial charge in [0.2, 0.25) is 0 Å². The van der Waals surface area contributed by atoms with E-state index >= 15 is 0 Å². The molecule has 0 saturated carbocycles. The summed E-state index contributed by atoms with van der Waals surface area (Å²) in [5.41, 5.74) is 3.19. The van der Waals surface area contributed by atoms with E-state index in [4.69, 9.17) is 16.0 Å². The zero-order chi connectivity index (χ0) is 19.0. The van der Waals surface area contributed by atoms with Gasteiger partial charge in [0.05, 0.1) is 5.57 Å². The molecule has 0 aliphatic heterocycles. The molecule has 7 heteroatoms. The van der Waals surface area contributed by atoms with Crippen LogP contribution in [0.15, 0.2) is 70.6 Å². The van der Waals surface area contributed by atoms with Crippen LogP contribution >= 0.6 is 11.6 Å². The van der Waals surface area contributed by atoms with E-state index < -0.39 is 11.9 Å². The molecular formula is C20H13ClN2O4. The number of fused-ring (bicyclic) bond motifs is 1. The summed E-state index contributed by atoms with van der Waals surface area (Å²) in [5, 5.41) is 12.9. The van der Waals surface area contributed by atoms with Crippen molar-refractivity contribution in [1.29, 1.82) is 0 Å². The number of carboxylic acid groups (broad SMARTS) is 1. The number of benzene rings is 2. The number of carbonyl (C=O) groups excluding carboxylic acids is 1. The van der Waals surface area contributed by atoms with Gasteiger partial charge in [-0.3, -0.25) is 4.79 Å². The summed E-state index contributed by atoms with van der Waals surface area (Å²) in [5.74, 6) is -1.51. The lowest BCUT2D eigenvalue weighted by Gasteiger charge is -2.10. The number of carboxylic acids is 1. The Morgan fingerprint density at radius 3 is 2.67 bits per heavy atom. The van der Waals surface area contributed by atoms with E-state index in [1.807, 2.05) is 0 Å². The summed E-state index contributed by atoms with van der Waals surface area (Å²) < 4.78 is 5.20. The molecule has 0 unspecified atom stereocenters. The zero-order valence-electron chi connectivity index (χ0n) is 13.9. The number of aliphatic carboxylic acids is 1. The standard InChI is InChI=1S/C20H13ClN2O4/c21-13-4-1-11(2-5-13)14-6-8-16(18(14)20(25)26)23-19(24)12-3-7-15-17(9-12)27-10-22-15/h1-7,9-10H,8H2,(H,23,24)(H,25,26). The summed E-state index contributed by atoms with van der Waals surface area (Å²) in [4.78, 5) is 28.4. The average Bonchev–Trinajstić information content (AvgIpc) is 3.28. The van der Waals surface area contributed by atoms with Gasteiger partial charge in [0.1, 0.15) is 5.52 Å². The number of nitrogens with one attached hydrogen (secondary N) is 1. The van der Waals surface area contributed by atoms with Crippen molar-refractivity contribution in [3.63, 3.8) is 0 Å². The number of aromatic nitrogens is 1. The van der Waals surface area contributed by atoms with E-state index in [-0.39, 0.29) is 5.57 Å². The summed E-state index contributed by atoms with van der Waals surface area (Å²) in [7, 11) is 0. The predicted octanol–water partition coefficient (Wildman–Crippen LogP) is 4.04. The van der Waals surface area contributed by atoms with Gasteiger partial charge in [-0.25, -0.2) is 9.78 Å². The Bertz CT molecular complexity index is 1130. The van der Waals surface area contributed by atoms with Crippen LogP contribution in [0, 0.1) is 0 Å². The molecular weight excluding hydrogens is 368 g/mol. The van der Waals surface area contributed by atoms with E-state index in [1.165, 1.54) is 6.39 Å². The van der Waals surface area contributed by atoms with Gasteiger partial charge < -0.3 is 14.8 Å². The molecule has 134 valence electrons. The molecule has 1 heterocycles. The monoisotopic (exact) mass is 380 g/mol. The molecule has 0 fully saturated rings. The first-order valence-electron chi connectivity index (χ1n) is 8.10. The molecule has 2 aromatic carbocycles. The topological polar surface area (TPSA) is 92.4 Å². The maximum atomic E-state index is 12.6. The number of nitrogens with zero attached hydrogens (tertiary/aromatic N) is 1. The van der Waals surface area contributed by atoms with Crippen molar-refractivity contribution in [3.8, 4) is 0 Å². The molecule has 1 aliphatic carbocycles. The fourth-order valence-corrected chi connectivity index (χ4v) is 3.15. The zero-order valence-corrected chi connectivity index (χ0v) is 14.7. The predicted molar refractivity (Wildman–Crippen MR) is 100 cm³/mol. The highest BCUT2D eigenvalue weighted by molar-refractivity contribution is 6.30. The molecule has 27 heavy (non-hydrogen) atoms. The molecule has 3 aromatic rings. The van der Waals surface area contributed by atoms with Crippen LogP contribution in [0.1, 0.15) is 22.3 Å². The smallest absolute Gasteiger partial charge is 0.338 e. The lowest BCUT2D eigenvalue weighted by atomic mass is 10.0. The van der Waals surface area contributed by atoms with Crippen molar-refractivity contribution in [2.45, 2.75) is 6.42 Å². The fraction of sp³-hybridized carbons (Fsp3) is 0.0500. The van der Waals surface area contributed by atoms with Crippen LogP contribution in [-0.4, -0.2) is 22.0 Å². The van der Waals surface area contributed by atoms with E-state index in [2.05, 4.69) is 10.3 Å². The summed E-state index contributed by atoms with van der Waals surface area (Å²) in [6, 6.07) is 11.7. The summed E-state index contributed by atoms with van der Waals surface area (Å²) in [6.45, 7) is 0. The van der Waals surface area contributed by atoms with Crippen molar-refractivity contribution in [2.24, 2.45) is 0 Å². The molecule has 0 atom stereocenters. The lowest BCUT2D eigenvalue weighted by Crippen LogP contribution is -2.24.